The number of hydrogen-bond acceptors (Lipinski definition) is 4. The maximum absolute atomic E-state index is 13.6. The number of amides is 2. The van der Waals surface area contributed by atoms with Crippen LogP contribution in [0.25, 0.3) is 22.4 Å². The molecule has 160 valence electrons. The number of rotatable bonds is 6. The fourth-order valence-corrected chi connectivity index (χ4v) is 3.72. The van der Waals surface area contributed by atoms with Crippen LogP contribution in [0.5, 0.6) is 5.75 Å². The van der Waals surface area contributed by atoms with Crippen LogP contribution in [0.4, 0.5) is 10.1 Å². The van der Waals surface area contributed by atoms with E-state index in [0.29, 0.717) is 30.9 Å². The van der Waals surface area contributed by atoms with Gasteiger partial charge in [0.25, 0.3) is 5.91 Å². The first kappa shape index (κ1) is 20.6. The monoisotopic (exact) mass is 422 g/mol. The average molecular weight is 422 g/mol. The fraction of sp³-hybridized carbons (Fsp3) is 0.261. The first-order valence-electron chi connectivity index (χ1n) is 10.1. The van der Waals surface area contributed by atoms with Gasteiger partial charge in [-0.2, -0.15) is 5.10 Å². The number of anilines is 1. The second-order valence-electron chi connectivity index (χ2n) is 7.42. The summed E-state index contributed by atoms with van der Waals surface area (Å²) in [6.45, 7) is 4.52. The molecule has 1 aromatic heterocycles. The molecule has 0 radical (unpaired) electrons. The number of aryl methyl sites for hydroxylation is 2. The summed E-state index contributed by atoms with van der Waals surface area (Å²) in [6.07, 6.45) is 0.697. The number of nitrogens with one attached hydrogen (secondary N) is 2. The Balaban J connectivity index is 1.76. The highest BCUT2D eigenvalue weighted by Crippen LogP contribution is 2.39. The second-order valence-corrected chi connectivity index (χ2v) is 7.42. The summed E-state index contributed by atoms with van der Waals surface area (Å²) < 4.78 is 20.9. The van der Waals surface area contributed by atoms with E-state index in [1.807, 2.05) is 29.8 Å². The number of ether oxygens (including phenoxy) is 1. The van der Waals surface area contributed by atoms with Crippen LogP contribution in [0.3, 0.4) is 0 Å². The van der Waals surface area contributed by atoms with E-state index in [1.54, 1.807) is 12.1 Å². The number of nitrogens with zero attached hydrogens (tertiary/aromatic N) is 2. The van der Waals surface area contributed by atoms with Crippen molar-refractivity contribution in [2.24, 2.45) is 0 Å². The molecule has 31 heavy (non-hydrogen) atoms. The predicted octanol–water partition coefficient (Wildman–Crippen LogP) is 3.52. The molecule has 8 heteroatoms. The molecule has 0 spiro atoms. The maximum atomic E-state index is 13.6. The molecule has 0 saturated carbocycles. The van der Waals surface area contributed by atoms with Gasteiger partial charge in [0.05, 0.1) is 17.1 Å². The summed E-state index contributed by atoms with van der Waals surface area (Å²) in [5.74, 6) is 0.0302. The van der Waals surface area contributed by atoms with Crippen molar-refractivity contribution in [1.82, 2.24) is 15.1 Å². The number of aromatic nitrogens is 2. The van der Waals surface area contributed by atoms with Gasteiger partial charge in [0.15, 0.2) is 6.61 Å². The Hall–Kier alpha value is -3.68. The number of benzene rings is 2. The summed E-state index contributed by atoms with van der Waals surface area (Å²) in [7, 11) is 0. The largest absolute Gasteiger partial charge is 0.482 e. The van der Waals surface area contributed by atoms with Crippen LogP contribution < -0.4 is 15.4 Å². The van der Waals surface area contributed by atoms with Crippen molar-refractivity contribution in [2.45, 2.75) is 26.8 Å². The van der Waals surface area contributed by atoms with Gasteiger partial charge < -0.3 is 15.4 Å². The molecule has 0 unspecified atom stereocenters. The molecule has 2 amide bonds. The Morgan fingerprint density at radius 2 is 1.97 bits per heavy atom. The van der Waals surface area contributed by atoms with Gasteiger partial charge in [-0.25, -0.2) is 4.39 Å². The summed E-state index contributed by atoms with van der Waals surface area (Å²) >= 11 is 0. The van der Waals surface area contributed by atoms with Gasteiger partial charge in [0.2, 0.25) is 5.91 Å². The van der Waals surface area contributed by atoms with Gasteiger partial charge >= 0.3 is 0 Å². The Labute approximate surface area is 179 Å². The smallest absolute Gasteiger partial charge is 0.262 e. The van der Waals surface area contributed by atoms with E-state index < -0.39 is 0 Å². The SMILES string of the molecule is CC(=O)NCCCn1nc(C)c(-c2ccc3c(c2)NC(=O)CO3)c1-c1ccc(F)cc1. The third kappa shape index (κ3) is 4.42. The number of carbonyl (C=O) groups excluding carboxylic acids is 2. The van der Waals surface area contributed by atoms with E-state index in [9.17, 15) is 14.0 Å². The topological polar surface area (TPSA) is 85.3 Å². The van der Waals surface area contributed by atoms with E-state index >= 15 is 0 Å². The third-order valence-corrected chi connectivity index (χ3v) is 5.07. The molecule has 4 rings (SSSR count). The molecule has 1 aliphatic rings. The maximum Gasteiger partial charge on any atom is 0.262 e. The first-order valence-corrected chi connectivity index (χ1v) is 10.1. The van der Waals surface area contributed by atoms with Gasteiger partial charge in [0.1, 0.15) is 11.6 Å². The molecule has 3 aromatic rings. The number of carbonyl (C=O) groups is 2. The zero-order valence-corrected chi connectivity index (χ0v) is 17.4. The van der Waals surface area contributed by atoms with Crippen molar-refractivity contribution in [3.63, 3.8) is 0 Å². The van der Waals surface area contributed by atoms with Crippen LogP contribution in [-0.2, 0) is 16.1 Å². The van der Waals surface area contributed by atoms with Crippen LogP contribution in [-0.4, -0.2) is 34.7 Å². The zero-order valence-electron chi connectivity index (χ0n) is 17.4. The first-order chi connectivity index (χ1) is 14.9. The Bertz CT molecular complexity index is 1140. The van der Waals surface area contributed by atoms with E-state index in [-0.39, 0.29) is 24.2 Å². The average Bonchev–Trinajstić information content (AvgIpc) is 3.07. The van der Waals surface area contributed by atoms with Crippen LogP contribution in [0.15, 0.2) is 42.5 Å². The molecule has 0 bridgehead atoms. The molecule has 2 N–H and O–H groups in total. The Kier molecular flexibility index (Phi) is 5.70. The third-order valence-electron chi connectivity index (χ3n) is 5.07. The Morgan fingerprint density at radius 3 is 2.71 bits per heavy atom. The van der Waals surface area contributed by atoms with Crippen molar-refractivity contribution < 1.29 is 18.7 Å². The van der Waals surface area contributed by atoms with Crippen LogP contribution in [0.2, 0.25) is 0 Å². The van der Waals surface area contributed by atoms with Crippen LogP contribution in [0.1, 0.15) is 19.0 Å². The van der Waals surface area contributed by atoms with E-state index in [2.05, 4.69) is 10.6 Å². The minimum Gasteiger partial charge on any atom is -0.482 e. The fourth-order valence-electron chi connectivity index (χ4n) is 3.72. The van der Waals surface area contributed by atoms with Crippen molar-refractivity contribution in [1.29, 1.82) is 0 Å². The van der Waals surface area contributed by atoms with Crippen LogP contribution >= 0.6 is 0 Å². The lowest BCUT2D eigenvalue weighted by atomic mass is 9.98. The summed E-state index contributed by atoms with van der Waals surface area (Å²) in [4.78, 5) is 22.9. The highest BCUT2D eigenvalue weighted by molar-refractivity contribution is 5.97. The predicted molar refractivity (Wildman–Crippen MR) is 115 cm³/mol. The lowest BCUT2D eigenvalue weighted by Gasteiger charge is -2.19. The lowest BCUT2D eigenvalue weighted by molar-refractivity contribution is -0.119. The quantitative estimate of drug-likeness (QED) is 0.596. The van der Waals surface area contributed by atoms with Crippen molar-refractivity contribution in [3.05, 3.63) is 54.0 Å². The van der Waals surface area contributed by atoms with Crippen molar-refractivity contribution in [3.8, 4) is 28.1 Å². The highest BCUT2D eigenvalue weighted by Gasteiger charge is 2.22. The van der Waals surface area contributed by atoms with Gasteiger partial charge in [-0.1, -0.05) is 6.07 Å². The standard InChI is InChI=1S/C23H23FN4O3/c1-14-22(17-6-9-20-19(12-17)26-21(30)13-31-20)23(16-4-7-18(24)8-5-16)28(27-14)11-3-10-25-15(2)29/h4-9,12H,3,10-11,13H2,1-2H3,(H,25,29)(H,26,30). The molecule has 2 heterocycles. The minimum atomic E-state index is -0.313. The minimum absolute atomic E-state index is 0.00155. The number of fused-ring (bicyclic) bond motifs is 1. The van der Waals surface area contributed by atoms with Gasteiger partial charge in [-0.3, -0.25) is 14.3 Å². The lowest BCUT2D eigenvalue weighted by Crippen LogP contribution is -2.25. The molecule has 0 saturated heterocycles. The molecule has 1 aliphatic heterocycles. The molecule has 2 aromatic carbocycles. The van der Waals surface area contributed by atoms with Gasteiger partial charge in [-0.05, 0) is 55.3 Å². The highest BCUT2D eigenvalue weighted by atomic mass is 19.1. The molecular formula is C23H23FN4O3. The molecular weight excluding hydrogens is 399 g/mol. The Morgan fingerprint density at radius 1 is 1.23 bits per heavy atom. The van der Waals surface area contributed by atoms with E-state index in [4.69, 9.17) is 9.84 Å². The summed E-state index contributed by atoms with van der Waals surface area (Å²) in [5, 5.41) is 10.3. The molecule has 7 nitrogen and oxygen atoms in total. The molecule has 0 aliphatic carbocycles. The van der Waals surface area contributed by atoms with Crippen molar-refractivity contribution in [2.75, 3.05) is 18.5 Å². The number of halogens is 1. The van der Waals surface area contributed by atoms with E-state index in [1.165, 1.54) is 19.1 Å². The van der Waals surface area contributed by atoms with Gasteiger partial charge in [0, 0.05) is 31.1 Å². The van der Waals surface area contributed by atoms with Crippen LogP contribution in [0, 0.1) is 12.7 Å². The van der Waals surface area contributed by atoms with Gasteiger partial charge in [-0.15, -0.1) is 0 Å². The molecule has 0 atom stereocenters. The number of hydrogen-bond donors (Lipinski definition) is 2. The summed E-state index contributed by atoms with van der Waals surface area (Å²) in [6, 6.07) is 11.9. The second kappa shape index (κ2) is 8.59. The zero-order chi connectivity index (χ0) is 22.0. The molecule has 0 fully saturated rings. The normalized spacial score (nSPS) is 12.7. The van der Waals surface area contributed by atoms with Crippen molar-refractivity contribution >= 4 is 17.5 Å². The van der Waals surface area contributed by atoms with E-state index in [0.717, 1.165) is 28.1 Å². The summed E-state index contributed by atoms with van der Waals surface area (Å²) in [5.41, 5.74) is 4.86.